The van der Waals surface area contributed by atoms with Gasteiger partial charge in [-0.25, -0.2) is 0 Å². The van der Waals surface area contributed by atoms with Crippen molar-refractivity contribution < 1.29 is 9.84 Å². The number of ether oxygens (including phenoxy) is 1. The lowest BCUT2D eigenvalue weighted by molar-refractivity contribution is -0.130. The molecule has 2 heterocycles. The summed E-state index contributed by atoms with van der Waals surface area (Å²) in [5.41, 5.74) is 1.08. The molecule has 0 spiro atoms. The second kappa shape index (κ2) is 6.86. The fraction of sp³-hybridized carbons (Fsp3) is 0.565. The van der Waals surface area contributed by atoms with Gasteiger partial charge in [0, 0.05) is 5.69 Å². The number of aliphatic hydroxyl groups is 1. The van der Waals surface area contributed by atoms with Gasteiger partial charge >= 0.3 is 0 Å². The molecule has 1 aromatic carbocycles. The summed E-state index contributed by atoms with van der Waals surface area (Å²) in [6.07, 6.45) is 9.56. The van der Waals surface area contributed by atoms with E-state index in [1.54, 1.807) is 0 Å². The predicted molar refractivity (Wildman–Crippen MR) is 109 cm³/mol. The van der Waals surface area contributed by atoms with Crippen LogP contribution in [0.3, 0.4) is 0 Å². The molecule has 142 valence electrons. The molecule has 0 aromatic heterocycles. The first-order valence-electron chi connectivity index (χ1n) is 9.71. The highest BCUT2D eigenvalue weighted by atomic mass is 16.5. The monoisotopic (exact) mass is 355 g/mol. The largest absolute Gasteiger partial charge is 0.387 e. The molecule has 0 amide bonds. The number of nitrogens with one attached hydrogen (secondary N) is 1. The van der Waals surface area contributed by atoms with E-state index < -0.39 is 5.60 Å². The highest BCUT2D eigenvalue weighted by molar-refractivity contribution is 5.56. The normalized spacial score (nSPS) is 37.7. The van der Waals surface area contributed by atoms with Crippen LogP contribution in [0, 0.1) is 5.41 Å². The van der Waals surface area contributed by atoms with Gasteiger partial charge in [-0.1, -0.05) is 50.8 Å². The Morgan fingerprint density at radius 1 is 1.27 bits per heavy atom. The Bertz CT molecular complexity index is 691. The van der Waals surface area contributed by atoms with Crippen molar-refractivity contribution in [2.45, 2.75) is 76.7 Å². The molecule has 2 bridgehead atoms. The van der Waals surface area contributed by atoms with Crippen LogP contribution in [0.25, 0.3) is 6.08 Å². The lowest BCUT2D eigenvalue weighted by atomic mass is 9.78. The topological polar surface area (TPSA) is 41.5 Å². The molecule has 3 nitrogen and oxygen atoms in total. The van der Waals surface area contributed by atoms with Gasteiger partial charge in [0.25, 0.3) is 0 Å². The van der Waals surface area contributed by atoms with Crippen molar-refractivity contribution in [3.63, 3.8) is 0 Å². The maximum atomic E-state index is 10.9. The van der Waals surface area contributed by atoms with Gasteiger partial charge in [-0.15, -0.1) is 0 Å². The van der Waals surface area contributed by atoms with Gasteiger partial charge in [0.05, 0.1) is 23.3 Å². The van der Waals surface area contributed by atoms with Gasteiger partial charge in [-0.2, -0.15) is 0 Å². The third-order valence-corrected chi connectivity index (χ3v) is 6.04. The molecule has 0 aliphatic carbocycles. The second-order valence-electron chi connectivity index (χ2n) is 9.14. The molecule has 1 fully saturated rings. The van der Waals surface area contributed by atoms with E-state index in [-0.39, 0.29) is 23.2 Å². The summed E-state index contributed by atoms with van der Waals surface area (Å²) in [6.45, 7) is 12.5. The average molecular weight is 356 g/mol. The first kappa shape index (κ1) is 19.2. The number of rotatable bonds is 3. The molecule has 0 saturated carbocycles. The number of allylic oxidation sites excluding steroid dienone is 1. The van der Waals surface area contributed by atoms with Crippen LogP contribution in [-0.2, 0) is 4.74 Å². The Morgan fingerprint density at radius 2 is 2.04 bits per heavy atom. The molecule has 1 unspecified atom stereocenters. The smallest absolute Gasteiger partial charge is 0.0914 e. The number of hydrogen-bond acceptors (Lipinski definition) is 3. The van der Waals surface area contributed by atoms with Gasteiger partial charge in [-0.3, -0.25) is 0 Å². The van der Waals surface area contributed by atoms with Crippen molar-refractivity contribution in [2.75, 3.05) is 5.32 Å². The van der Waals surface area contributed by atoms with Crippen molar-refractivity contribution in [1.82, 2.24) is 0 Å². The van der Waals surface area contributed by atoms with Gasteiger partial charge in [0.15, 0.2) is 0 Å². The number of fused-ring (bicyclic) bond motifs is 2. The van der Waals surface area contributed by atoms with Crippen molar-refractivity contribution in [2.24, 2.45) is 5.41 Å². The van der Waals surface area contributed by atoms with Gasteiger partial charge in [0.2, 0.25) is 0 Å². The van der Waals surface area contributed by atoms with E-state index in [0.29, 0.717) is 6.42 Å². The van der Waals surface area contributed by atoms with Crippen molar-refractivity contribution in [3.8, 4) is 0 Å². The molecule has 3 heteroatoms. The predicted octanol–water partition coefficient (Wildman–Crippen LogP) is 5.18. The maximum Gasteiger partial charge on any atom is 0.0914 e. The van der Waals surface area contributed by atoms with Crippen LogP contribution >= 0.6 is 0 Å². The molecule has 26 heavy (non-hydrogen) atoms. The van der Waals surface area contributed by atoms with Crippen molar-refractivity contribution in [3.05, 3.63) is 48.6 Å². The first-order valence-corrected chi connectivity index (χ1v) is 9.71. The first-order chi connectivity index (χ1) is 12.1. The fourth-order valence-corrected chi connectivity index (χ4v) is 4.27. The van der Waals surface area contributed by atoms with E-state index in [0.717, 1.165) is 30.5 Å². The van der Waals surface area contributed by atoms with Crippen LogP contribution in [0.5, 0.6) is 0 Å². The summed E-state index contributed by atoms with van der Waals surface area (Å²) < 4.78 is 6.51. The van der Waals surface area contributed by atoms with E-state index in [4.69, 9.17) is 4.74 Å². The van der Waals surface area contributed by atoms with Crippen LogP contribution in [-0.4, -0.2) is 28.5 Å². The molecular weight excluding hydrogens is 322 g/mol. The quantitative estimate of drug-likeness (QED) is 0.735. The van der Waals surface area contributed by atoms with Crippen LogP contribution < -0.4 is 5.32 Å². The fourth-order valence-electron chi connectivity index (χ4n) is 4.27. The van der Waals surface area contributed by atoms with E-state index in [2.05, 4.69) is 69.1 Å². The number of anilines is 1. The Kier molecular flexibility index (Phi) is 5.06. The van der Waals surface area contributed by atoms with Gasteiger partial charge in [-0.05, 0) is 62.6 Å². The Morgan fingerprint density at radius 3 is 2.77 bits per heavy atom. The molecule has 2 aliphatic heterocycles. The minimum Gasteiger partial charge on any atom is -0.387 e. The summed E-state index contributed by atoms with van der Waals surface area (Å²) in [5, 5.41) is 14.6. The Hall–Kier alpha value is -1.58. The summed E-state index contributed by atoms with van der Waals surface area (Å²) in [4.78, 5) is 0. The van der Waals surface area contributed by atoms with Crippen molar-refractivity contribution in [1.29, 1.82) is 0 Å². The maximum absolute atomic E-state index is 10.9. The van der Waals surface area contributed by atoms with Crippen LogP contribution in [0.4, 0.5) is 5.69 Å². The third kappa shape index (κ3) is 4.05. The zero-order valence-electron chi connectivity index (χ0n) is 16.6. The van der Waals surface area contributed by atoms with Gasteiger partial charge in [0.1, 0.15) is 0 Å². The van der Waals surface area contributed by atoms with Crippen LogP contribution in [0.2, 0.25) is 0 Å². The standard InChI is InChI=1S/C23H33NO2/c1-6-17-9-7-10-18(15-17)24-19-16-21(2,3)12-8-13-22(4,25)20-11-14-23(19,5)26-20/h6-10,12,15,19-20,24-25H,1,11,13-14,16H2,2-5H3/b12-8+/t19-,20?,22+,23-/m0/s1. The molecule has 0 radical (unpaired) electrons. The Labute approximate surface area is 158 Å². The van der Waals surface area contributed by atoms with E-state index in [1.807, 2.05) is 13.0 Å². The molecule has 1 saturated heterocycles. The lowest BCUT2D eigenvalue weighted by Gasteiger charge is -2.41. The van der Waals surface area contributed by atoms with Crippen LogP contribution in [0.15, 0.2) is 43.0 Å². The minimum absolute atomic E-state index is 0.0194. The summed E-state index contributed by atoms with van der Waals surface area (Å²) in [7, 11) is 0. The SMILES string of the molecule is C=Cc1cccc(N[C@H]2CC(C)(C)/C=C/C[C@@](C)(O)C3CC[C@]2(C)O3)c1. The highest BCUT2D eigenvalue weighted by Crippen LogP contribution is 2.44. The lowest BCUT2D eigenvalue weighted by Crippen LogP contribution is -2.49. The molecule has 4 atom stereocenters. The zero-order valence-corrected chi connectivity index (χ0v) is 16.6. The highest BCUT2D eigenvalue weighted by Gasteiger charge is 2.49. The van der Waals surface area contributed by atoms with Crippen molar-refractivity contribution >= 4 is 11.8 Å². The minimum atomic E-state index is -0.824. The van der Waals surface area contributed by atoms with Crippen LogP contribution in [0.1, 0.15) is 58.9 Å². The third-order valence-electron chi connectivity index (χ3n) is 6.04. The molecule has 3 rings (SSSR count). The summed E-state index contributed by atoms with van der Waals surface area (Å²) >= 11 is 0. The summed E-state index contributed by atoms with van der Waals surface area (Å²) in [6, 6.07) is 8.48. The Balaban J connectivity index is 1.94. The molecular formula is C23H33NO2. The molecule has 2 N–H and O–H groups in total. The van der Waals surface area contributed by atoms with E-state index >= 15 is 0 Å². The van der Waals surface area contributed by atoms with E-state index in [1.165, 1.54) is 0 Å². The molecule has 2 aliphatic rings. The number of benzene rings is 1. The molecule has 1 aromatic rings. The van der Waals surface area contributed by atoms with E-state index in [9.17, 15) is 5.11 Å². The summed E-state index contributed by atoms with van der Waals surface area (Å²) in [5.74, 6) is 0. The number of hydrogen-bond donors (Lipinski definition) is 2. The zero-order chi connectivity index (χ0) is 19.0. The average Bonchev–Trinajstić information content (AvgIpc) is 2.97. The second-order valence-corrected chi connectivity index (χ2v) is 9.14. The van der Waals surface area contributed by atoms with Gasteiger partial charge < -0.3 is 15.2 Å².